The summed E-state index contributed by atoms with van der Waals surface area (Å²) < 4.78 is 12.7. The monoisotopic (exact) mass is 319 g/mol. The van der Waals surface area contributed by atoms with Crippen molar-refractivity contribution in [3.8, 4) is 0 Å². The molecule has 130 valence electrons. The van der Waals surface area contributed by atoms with Gasteiger partial charge >= 0.3 is 7.12 Å². The van der Waals surface area contributed by atoms with Crippen LogP contribution in [0.25, 0.3) is 0 Å². The lowest BCUT2D eigenvalue weighted by Gasteiger charge is -2.64. The fourth-order valence-corrected chi connectivity index (χ4v) is 5.24. The zero-order valence-electron chi connectivity index (χ0n) is 15.2. The van der Waals surface area contributed by atoms with Gasteiger partial charge in [-0.2, -0.15) is 0 Å². The second-order valence-corrected chi connectivity index (χ2v) is 8.78. The van der Waals surface area contributed by atoms with Crippen LogP contribution in [0.1, 0.15) is 72.1 Å². The van der Waals surface area contributed by atoms with Gasteiger partial charge in [-0.05, 0) is 56.3 Å². The van der Waals surface area contributed by atoms with Crippen LogP contribution < -0.4 is 5.73 Å². The first-order chi connectivity index (χ1) is 10.9. The third kappa shape index (κ3) is 3.03. The second kappa shape index (κ2) is 6.53. The molecule has 0 radical (unpaired) electrons. The van der Waals surface area contributed by atoms with Gasteiger partial charge in [0.2, 0.25) is 0 Å². The average molecular weight is 319 g/mol. The zero-order chi connectivity index (χ0) is 16.7. The van der Waals surface area contributed by atoms with Crippen molar-refractivity contribution < 1.29 is 9.31 Å². The molecule has 0 amide bonds. The number of unbranched alkanes of at least 4 members (excludes halogenated alkanes) is 4. The molecule has 4 rings (SSSR count). The number of allylic oxidation sites excluding steroid dienone is 1. The van der Waals surface area contributed by atoms with Crippen LogP contribution in [0.5, 0.6) is 0 Å². The highest BCUT2D eigenvalue weighted by Gasteiger charge is 2.68. The molecule has 0 aromatic carbocycles. The first-order valence-corrected chi connectivity index (χ1v) is 9.59. The van der Waals surface area contributed by atoms with Gasteiger partial charge < -0.3 is 15.0 Å². The average Bonchev–Trinajstić information content (AvgIpc) is 2.87. The van der Waals surface area contributed by atoms with E-state index in [0.29, 0.717) is 11.3 Å². The Bertz CT molecular complexity index is 441. The maximum atomic E-state index is 6.44. The summed E-state index contributed by atoms with van der Waals surface area (Å²) in [4.78, 5) is 0. The van der Waals surface area contributed by atoms with E-state index < -0.39 is 0 Å². The molecular formula is C19H34BNO2. The van der Waals surface area contributed by atoms with E-state index in [9.17, 15) is 0 Å². The zero-order valence-corrected chi connectivity index (χ0v) is 15.2. The molecule has 4 aliphatic rings. The van der Waals surface area contributed by atoms with Gasteiger partial charge in [-0.3, -0.25) is 0 Å². The van der Waals surface area contributed by atoms with E-state index in [1.807, 2.05) is 6.08 Å². The van der Waals surface area contributed by atoms with Crippen LogP contribution in [-0.4, -0.2) is 24.8 Å². The van der Waals surface area contributed by atoms with Gasteiger partial charge in [-0.1, -0.05) is 39.2 Å². The quantitative estimate of drug-likeness (QED) is 0.416. The maximum Gasteiger partial charge on any atom is 0.475 e. The summed E-state index contributed by atoms with van der Waals surface area (Å²) in [5.74, 6) is 1.43. The number of hydrogen-bond donors (Lipinski definition) is 1. The number of rotatable bonds is 8. The van der Waals surface area contributed by atoms with E-state index in [0.717, 1.165) is 25.2 Å². The minimum absolute atomic E-state index is 0.0112. The molecule has 0 aromatic rings. The van der Waals surface area contributed by atoms with Crippen LogP contribution in [0.2, 0.25) is 0 Å². The Balaban J connectivity index is 1.47. The lowest BCUT2D eigenvalue weighted by atomic mass is 9.43. The van der Waals surface area contributed by atoms with Crippen LogP contribution in [0.15, 0.2) is 12.7 Å². The summed E-state index contributed by atoms with van der Waals surface area (Å²) in [7, 11) is -0.201. The van der Waals surface area contributed by atoms with Gasteiger partial charge in [0, 0.05) is 5.94 Å². The molecule has 0 spiro atoms. The molecule has 1 aliphatic heterocycles. The lowest BCUT2D eigenvalue weighted by molar-refractivity contribution is -0.199. The molecule has 1 heterocycles. The molecule has 2 bridgehead atoms. The molecule has 3 nitrogen and oxygen atoms in total. The van der Waals surface area contributed by atoms with E-state index in [1.165, 1.54) is 32.1 Å². The molecule has 3 aliphatic carbocycles. The molecule has 4 fully saturated rings. The molecule has 2 N–H and O–H groups in total. The second-order valence-electron chi connectivity index (χ2n) is 8.78. The SMILES string of the molecule is C=CCCCCCCC(N)B1OC2CC3CC(C3(C)C)C2(C)O1. The van der Waals surface area contributed by atoms with Crippen molar-refractivity contribution in [1.82, 2.24) is 0 Å². The smallest absolute Gasteiger partial charge is 0.404 e. The van der Waals surface area contributed by atoms with Crippen LogP contribution in [0.4, 0.5) is 0 Å². The summed E-state index contributed by atoms with van der Waals surface area (Å²) in [6.45, 7) is 10.8. The number of nitrogens with two attached hydrogens (primary N) is 1. The predicted molar refractivity (Wildman–Crippen MR) is 96.0 cm³/mol. The molecule has 1 saturated heterocycles. The van der Waals surface area contributed by atoms with Crippen molar-refractivity contribution in [1.29, 1.82) is 0 Å². The fraction of sp³-hybridized carbons (Fsp3) is 0.895. The van der Waals surface area contributed by atoms with Gasteiger partial charge in [0.15, 0.2) is 0 Å². The van der Waals surface area contributed by atoms with E-state index >= 15 is 0 Å². The minimum Gasteiger partial charge on any atom is -0.404 e. The summed E-state index contributed by atoms with van der Waals surface area (Å²) in [5.41, 5.74) is 6.67. The first-order valence-electron chi connectivity index (χ1n) is 9.59. The lowest BCUT2D eigenvalue weighted by Crippen LogP contribution is -2.65. The van der Waals surface area contributed by atoms with E-state index in [1.54, 1.807) is 0 Å². The van der Waals surface area contributed by atoms with Crippen molar-refractivity contribution in [3.63, 3.8) is 0 Å². The Hall–Kier alpha value is -0.315. The van der Waals surface area contributed by atoms with Crippen molar-refractivity contribution in [2.75, 3.05) is 0 Å². The Labute approximate surface area is 142 Å². The molecule has 3 saturated carbocycles. The van der Waals surface area contributed by atoms with Gasteiger partial charge in [0.25, 0.3) is 0 Å². The van der Waals surface area contributed by atoms with Crippen LogP contribution >= 0.6 is 0 Å². The molecule has 5 atom stereocenters. The Morgan fingerprint density at radius 1 is 1.22 bits per heavy atom. The molecule has 23 heavy (non-hydrogen) atoms. The standard InChI is InChI=1S/C19H34BNO2/c1-5-6-7-8-9-10-11-17(21)20-22-16-13-14-12-15(18(14,2)3)19(16,4)23-20/h5,14-17H,1,6-13,21H2,2-4H3. The molecule has 4 heteroatoms. The maximum absolute atomic E-state index is 6.44. The van der Waals surface area contributed by atoms with Crippen LogP contribution in [0, 0.1) is 17.3 Å². The van der Waals surface area contributed by atoms with E-state index in [4.69, 9.17) is 15.0 Å². The Kier molecular flexibility index (Phi) is 4.97. The fourth-order valence-electron chi connectivity index (χ4n) is 5.24. The normalized spacial score (nSPS) is 38.8. The molecule has 0 aromatic heterocycles. The summed E-state index contributed by atoms with van der Waals surface area (Å²) >= 11 is 0. The van der Waals surface area contributed by atoms with E-state index in [-0.39, 0.29) is 24.8 Å². The van der Waals surface area contributed by atoms with Gasteiger partial charge in [0.05, 0.1) is 11.7 Å². The highest BCUT2D eigenvalue weighted by atomic mass is 16.7. The molecule has 5 unspecified atom stereocenters. The van der Waals surface area contributed by atoms with Crippen LogP contribution in [-0.2, 0) is 9.31 Å². The third-order valence-corrected chi connectivity index (χ3v) is 7.01. The Morgan fingerprint density at radius 2 is 1.96 bits per heavy atom. The van der Waals surface area contributed by atoms with Gasteiger partial charge in [-0.15, -0.1) is 6.58 Å². The van der Waals surface area contributed by atoms with Gasteiger partial charge in [0.1, 0.15) is 0 Å². The number of hydrogen-bond acceptors (Lipinski definition) is 3. The predicted octanol–water partition coefficient (Wildman–Crippen LogP) is 4.11. The summed E-state index contributed by atoms with van der Waals surface area (Å²) in [5, 5.41) is 0. The largest absolute Gasteiger partial charge is 0.475 e. The van der Waals surface area contributed by atoms with Crippen molar-refractivity contribution in [2.45, 2.75) is 89.8 Å². The van der Waals surface area contributed by atoms with Gasteiger partial charge in [-0.25, -0.2) is 0 Å². The van der Waals surface area contributed by atoms with Crippen molar-refractivity contribution in [2.24, 2.45) is 23.0 Å². The van der Waals surface area contributed by atoms with E-state index in [2.05, 4.69) is 27.4 Å². The highest BCUT2D eigenvalue weighted by Crippen LogP contribution is 2.65. The minimum atomic E-state index is -0.201. The first kappa shape index (κ1) is 17.5. The van der Waals surface area contributed by atoms with Crippen molar-refractivity contribution in [3.05, 3.63) is 12.7 Å². The molecular weight excluding hydrogens is 285 g/mol. The van der Waals surface area contributed by atoms with Crippen LogP contribution in [0.3, 0.4) is 0 Å². The highest BCUT2D eigenvalue weighted by molar-refractivity contribution is 6.47. The van der Waals surface area contributed by atoms with Crippen molar-refractivity contribution >= 4 is 7.12 Å². The summed E-state index contributed by atoms with van der Waals surface area (Å²) in [6, 6.07) is 0. The third-order valence-electron chi connectivity index (χ3n) is 7.01. The topological polar surface area (TPSA) is 44.5 Å². The summed E-state index contributed by atoms with van der Waals surface area (Å²) in [6.07, 6.45) is 11.7. The Morgan fingerprint density at radius 3 is 2.65 bits per heavy atom.